The first-order chi connectivity index (χ1) is 5.11. The Kier molecular flexibility index (Phi) is 4.23. The van der Waals surface area contributed by atoms with Crippen LogP contribution in [0.5, 0.6) is 0 Å². The van der Waals surface area contributed by atoms with Crippen LogP contribution < -0.4 is 5.73 Å². The van der Waals surface area contributed by atoms with Crippen LogP contribution >= 0.6 is 15.9 Å². The maximum absolute atomic E-state index is 8.30. The summed E-state index contributed by atoms with van der Waals surface area (Å²) in [7, 11) is 0. The Balaban J connectivity index is 4.50. The maximum Gasteiger partial charge on any atom is 0.134 e. The summed E-state index contributed by atoms with van der Waals surface area (Å²) in [5, 5.41) is 8.30. The molecule has 0 saturated heterocycles. The van der Waals surface area contributed by atoms with Crippen LogP contribution in [-0.4, -0.2) is 4.62 Å². The molecule has 0 fully saturated rings. The molecule has 3 nitrogen and oxygen atoms in total. The fourth-order valence-corrected chi connectivity index (χ4v) is 0.770. The van der Waals surface area contributed by atoms with E-state index in [0.717, 1.165) is 0 Å². The van der Waals surface area contributed by atoms with Crippen molar-refractivity contribution in [1.82, 2.24) is 0 Å². The number of rotatable bonds is 2. The molecule has 0 aromatic rings. The average molecular weight is 214 g/mol. The van der Waals surface area contributed by atoms with Crippen molar-refractivity contribution in [2.24, 2.45) is 10.7 Å². The van der Waals surface area contributed by atoms with Gasteiger partial charge in [0.15, 0.2) is 0 Å². The number of allylic oxidation sites excluding steroid dienone is 3. The van der Waals surface area contributed by atoms with E-state index in [9.17, 15) is 0 Å². The molecule has 0 aliphatic rings. The lowest BCUT2D eigenvalue weighted by atomic mass is 10.4. The average Bonchev–Trinajstić information content (AvgIpc) is 2.02. The molecule has 4 heteroatoms. The van der Waals surface area contributed by atoms with Gasteiger partial charge in [-0.3, -0.25) is 0 Å². The van der Waals surface area contributed by atoms with Crippen LogP contribution in [0.15, 0.2) is 29.0 Å². The normalized spacial score (nSPS) is 12.5. The van der Waals surface area contributed by atoms with Gasteiger partial charge in [-0.25, -0.2) is 4.99 Å². The molecule has 0 saturated carbocycles. The summed E-state index contributed by atoms with van der Waals surface area (Å²) in [6.07, 6.45) is 1.68. The highest BCUT2D eigenvalue weighted by atomic mass is 79.9. The van der Waals surface area contributed by atoms with Crippen molar-refractivity contribution in [2.45, 2.75) is 6.92 Å². The van der Waals surface area contributed by atoms with E-state index in [0.29, 0.717) is 10.3 Å². The lowest BCUT2D eigenvalue weighted by Crippen LogP contribution is -2.04. The molecule has 0 aromatic carbocycles. The van der Waals surface area contributed by atoms with E-state index in [1.807, 2.05) is 0 Å². The predicted octanol–water partition coefficient (Wildman–Crippen LogP) is 1.68. The molecule has 0 amide bonds. The van der Waals surface area contributed by atoms with Gasteiger partial charge in [0.25, 0.3) is 0 Å². The van der Waals surface area contributed by atoms with Crippen LogP contribution in [-0.2, 0) is 0 Å². The fourth-order valence-electron chi connectivity index (χ4n) is 0.327. The topological polar surface area (TPSA) is 62.2 Å². The fraction of sp³-hybridized carbons (Fsp3) is 0.143. The SMILES string of the molecule is C=C(C#N)N=C(Br)/C(N)=C\C. The molecule has 0 aliphatic heterocycles. The van der Waals surface area contributed by atoms with Crippen molar-refractivity contribution >= 4 is 20.6 Å². The molecule has 0 aliphatic carbocycles. The first-order valence-electron chi connectivity index (χ1n) is 2.87. The van der Waals surface area contributed by atoms with E-state index in [2.05, 4.69) is 27.5 Å². The van der Waals surface area contributed by atoms with Crippen molar-refractivity contribution in [1.29, 1.82) is 5.26 Å². The van der Waals surface area contributed by atoms with Crippen molar-refractivity contribution in [3.63, 3.8) is 0 Å². The van der Waals surface area contributed by atoms with Gasteiger partial charge < -0.3 is 5.73 Å². The van der Waals surface area contributed by atoms with E-state index < -0.39 is 0 Å². The van der Waals surface area contributed by atoms with E-state index in [-0.39, 0.29) is 5.70 Å². The van der Waals surface area contributed by atoms with Gasteiger partial charge in [0.2, 0.25) is 0 Å². The Labute approximate surface area is 74.0 Å². The number of nitrogens with two attached hydrogens (primary N) is 1. The summed E-state index contributed by atoms with van der Waals surface area (Å²) in [4.78, 5) is 3.75. The van der Waals surface area contributed by atoms with E-state index >= 15 is 0 Å². The first-order valence-corrected chi connectivity index (χ1v) is 3.66. The molecule has 0 rings (SSSR count). The minimum absolute atomic E-state index is 0.127. The third-order valence-corrected chi connectivity index (χ3v) is 1.55. The lowest BCUT2D eigenvalue weighted by Gasteiger charge is -1.94. The number of hydrogen-bond acceptors (Lipinski definition) is 3. The molecule has 11 heavy (non-hydrogen) atoms. The number of nitrogens with zero attached hydrogens (tertiary/aromatic N) is 2. The number of hydrogen-bond donors (Lipinski definition) is 1. The van der Waals surface area contributed by atoms with Gasteiger partial charge in [-0.2, -0.15) is 5.26 Å². The Bertz CT molecular complexity index is 257. The zero-order valence-corrected chi connectivity index (χ0v) is 7.72. The zero-order valence-electron chi connectivity index (χ0n) is 6.13. The van der Waals surface area contributed by atoms with Crippen LogP contribution in [0.4, 0.5) is 0 Å². The van der Waals surface area contributed by atoms with Gasteiger partial charge in [0.05, 0.1) is 5.70 Å². The molecule has 2 N–H and O–H groups in total. The summed E-state index contributed by atoms with van der Waals surface area (Å²) >= 11 is 3.09. The number of nitriles is 1. The third kappa shape index (κ3) is 3.58. The van der Waals surface area contributed by atoms with Gasteiger partial charge in [0, 0.05) is 0 Å². The predicted molar refractivity (Wildman–Crippen MR) is 49.1 cm³/mol. The standard InChI is InChI=1S/C7H8BrN3/c1-3-6(10)7(8)11-5(2)4-9/h3H,2,10H2,1H3/b6-3+,11-7?. The van der Waals surface area contributed by atoms with Gasteiger partial charge in [-0.05, 0) is 22.9 Å². The maximum atomic E-state index is 8.30. The van der Waals surface area contributed by atoms with E-state index in [4.69, 9.17) is 11.0 Å². The van der Waals surface area contributed by atoms with Crippen LogP contribution in [0.1, 0.15) is 6.92 Å². The molecule has 0 heterocycles. The van der Waals surface area contributed by atoms with Crippen molar-refractivity contribution in [3.8, 4) is 6.07 Å². The van der Waals surface area contributed by atoms with Crippen LogP contribution in [0.2, 0.25) is 0 Å². The second-order valence-electron chi connectivity index (χ2n) is 1.71. The molecule has 0 spiro atoms. The second-order valence-corrected chi connectivity index (χ2v) is 2.46. The number of aliphatic imine (C=N–C) groups is 1. The van der Waals surface area contributed by atoms with Crippen LogP contribution in [0.25, 0.3) is 0 Å². The molecule has 0 aromatic heterocycles. The molecular formula is C7H8BrN3. The zero-order chi connectivity index (χ0) is 8.85. The molecule has 0 unspecified atom stereocenters. The quantitative estimate of drug-likeness (QED) is 0.561. The van der Waals surface area contributed by atoms with Crippen molar-refractivity contribution in [2.75, 3.05) is 0 Å². The molecular weight excluding hydrogens is 206 g/mol. The Morgan fingerprint density at radius 2 is 2.36 bits per heavy atom. The molecule has 0 radical (unpaired) electrons. The number of halogens is 1. The smallest absolute Gasteiger partial charge is 0.134 e. The molecule has 58 valence electrons. The summed E-state index contributed by atoms with van der Waals surface area (Å²) in [6.45, 7) is 5.15. The van der Waals surface area contributed by atoms with Crippen LogP contribution in [0.3, 0.4) is 0 Å². The summed E-state index contributed by atoms with van der Waals surface area (Å²) < 4.78 is 0.437. The molecule has 0 atom stereocenters. The van der Waals surface area contributed by atoms with Crippen molar-refractivity contribution < 1.29 is 0 Å². The summed E-state index contributed by atoms with van der Waals surface area (Å²) in [5.74, 6) is 0. The highest BCUT2D eigenvalue weighted by Gasteiger charge is 1.96. The highest BCUT2D eigenvalue weighted by molar-refractivity contribution is 9.18. The van der Waals surface area contributed by atoms with Gasteiger partial charge in [-0.1, -0.05) is 12.7 Å². The largest absolute Gasteiger partial charge is 0.397 e. The Hall–Kier alpha value is -1.08. The first kappa shape index (κ1) is 9.92. The van der Waals surface area contributed by atoms with Gasteiger partial charge >= 0.3 is 0 Å². The minimum atomic E-state index is 0.127. The summed E-state index contributed by atoms with van der Waals surface area (Å²) in [5.41, 5.74) is 6.07. The van der Waals surface area contributed by atoms with Crippen LogP contribution in [0, 0.1) is 11.3 Å². The van der Waals surface area contributed by atoms with Gasteiger partial charge in [-0.15, -0.1) is 0 Å². The Morgan fingerprint density at radius 3 is 2.73 bits per heavy atom. The summed E-state index contributed by atoms with van der Waals surface area (Å²) in [6, 6.07) is 1.78. The second kappa shape index (κ2) is 4.69. The van der Waals surface area contributed by atoms with E-state index in [1.165, 1.54) is 0 Å². The third-order valence-electron chi connectivity index (χ3n) is 0.911. The molecule has 0 bridgehead atoms. The highest BCUT2D eigenvalue weighted by Crippen LogP contribution is 2.02. The van der Waals surface area contributed by atoms with Gasteiger partial charge in [0.1, 0.15) is 16.4 Å². The van der Waals surface area contributed by atoms with E-state index in [1.54, 1.807) is 19.1 Å². The monoisotopic (exact) mass is 213 g/mol. The Morgan fingerprint density at radius 1 is 1.82 bits per heavy atom. The lowest BCUT2D eigenvalue weighted by molar-refractivity contribution is 1.37. The minimum Gasteiger partial charge on any atom is -0.397 e. The van der Waals surface area contributed by atoms with Crippen molar-refractivity contribution in [3.05, 3.63) is 24.0 Å².